The van der Waals surface area contributed by atoms with Crippen molar-refractivity contribution in [2.45, 2.75) is 83.8 Å². The third-order valence-electron chi connectivity index (χ3n) is 8.87. The quantitative estimate of drug-likeness (QED) is 0.771. The fourth-order valence-electron chi connectivity index (χ4n) is 7.30. The van der Waals surface area contributed by atoms with Gasteiger partial charge in [-0.05, 0) is 81.1 Å². The van der Waals surface area contributed by atoms with E-state index in [1.807, 2.05) is 6.08 Å². The van der Waals surface area contributed by atoms with E-state index in [1.165, 1.54) is 5.57 Å². The molecular weight excluding hydrogens is 300 g/mol. The van der Waals surface area contributed by atoms with E-state index in [4.69, 9.17) is 0 Å². The fraction of sp³-hybridized carbons (Fsp3) is 0.857. The van der Waals surface area contributed by atoms with Crippen LogP contribution in [-0.2, 0) is 4.79 Å². The predicted octanol–water partition coefficient (Wildman–Crippen LogP) is 3.63. The summed E-state index contributed by atoms with van der Waals surface area (Å²) in [5, 5.41) is 21.5. The summed E-state index contributed by atoms with van der Waals surface area (Å²) in [7, 11) is 0. The van der Waals surface area contributed by atoms with Crippen LogP contribution in [0.5, 0.6) is 0 Å². The second-order valence-electron chi connectivity index (χ2n) is 9.56. The number of carbonyl (C=O) groups is 1. The van der Waals surface area contributed by atoms with E-state index in [1.54, 1.807) is 6.92 Å². The molecule has 0 spiro atoms. The zero-order valence-electron chi connectivity index (χ0n) is 15.3. The van der Waals surface area contributed by atoms with E-state index in [2.05, 4.69) is 13.8 Å². The van der Waals surface area contributed by atoms with Gasteiger partial charge in [0.25, 0.3) is 0 Å². The molecular formula is C21H32O3. The Morgan fingerprint density at radius 2 is 1.79 bits per heavy atom. The SMILES string of the molecule is C[C@H](O)[C@@]1(O)CC[C@H]2[C@@H]3CCC4=CC(=O)CC[C@]4(C)[C@H]3CC[C@@]21C. The first-order chi connectivity index (χ1) is 11.2. The maximum Gasteiger partial charge on any atom is 0.155 e. The second-order valence-corrected chi connectivity index (χ2v) is 9.56. The maximum absolute atomic E-state index is 11.9. The number of carbonyl (C=O) groups excluding carboxylic acids is 1. The lowest BCUT2D eigenvalue weighted by Crippen LogP contribution is -2.58. The summed E-state index contributed by atoms with van der Waals surface area (Å²) in [5.41, 5.74) is 0.489. The fourth-order valence-corrected chi connectivity index (χ4v) is 7.30. The zero-order chi connectivity index (χ0) is 17.3. The molecule has 7 atom stereocenters. The summed E-state index contributed by atoms with van der Waals surface area (Å²) in [6.45, 7) is 6.38. The number of aliphatic hydroxyl groups is 2. The van der Waals surface area contributed by atoms with Crippen molar-refractivity contribution in [3.05, 3.63) is 11.6 Å². The maximum atomic E-state index is 11.9. The van der Waals surface area contributed by atoms with Gasteiger partial charge >= 0.3 is 0 Å². The summed E-state index contributed by atoms with van der Waals surface area (Å²) in [6, 6.07) is 0. The summed E-state index contributed by atoms with van der Waals surface area (Å²) in [4.78, 5) is 11.9. The van der Waals surface area contributed by atoms with Crippen molar-refractivity contribution >= 4 is 5.78 Å². The number of aliphatic hydroxyl groups excluding tert-OH is 1. The number of ketones is 1. The van der Waals surface area contributed by atoms with Gasteiger partial charge in [-0.1, -0.05) is 19.4 Å². The van der Waals surface area contributed by atoms with Gasteiger partial charge in [0.05, 0.1) is 11.7 Å². The van der Waals surface area contributed by atoms with E-state index < -0.39 is 11.7 Å². The van der Waals surface area contributed by atoms with Gasteiger partial charge in [-0.2, -0.15) is 0 Å². The Hall–Kier alpha value is -0.670. The highest BCUT2D eigenvalue weighted by molar-refractivity contribution is 5.91. The second kappa shape index (κ2) is 5.17. The van der Waals surface area contributed by atoms with Crippen molar-refractivity contribution < 1.29 is 15.0 Å². The van der Waals surface area contributed by atoms with Gasteiger partial charge < -0.3 is 10.2 Å². The number of allylic oxidation sites excluding steroid dienone is 1. The highest BCUT2D eigenvalue weighted by Gasteiger charge is 2.65. The first-order valence-electron chi connectivity index (χ1n) is 9.87. The van der Waals surface area contributed by atoms with Gasteiger partial charge in [-0.15, -0.1) is 0 Å². The van der Waals surface area contributed by atoms with Crippen LogP contribution in [0, 0.1) is 28.6 Å². The Labute approximate surface area is 145 Å². The summed E-state index contributed by atoms with van der Waals surface area (Å²) >= 11 is 0. The first-order valence-corrected chi connectivity index (χ1v) is 9.87. The number of hydrogen-bond acceptors (Lipinski definition) is 3. The van der Waals surface area contributed by atoms with Crippen LogP contribution in [-0.4, -0.2) is 27.7 Å². The molecule has 3 nitrogen and oxygen atoms in total. The molecule has 0 heterocycles. The van der Waals surface area contributed by atoms with E-state index in [9.17, 15) is 15.0 Å². The largest absolute Gasteiger partial charge is 0.390 e. The Balaban J connectivity index is 1.69. The van der Waals surface area contributed by atoms with Crippen LogP contribution in [0.15, 0.2) is 11.6 Å². The molecule has 0 radical (unpaired) electrons. The summed E-state index contributed by atoms with van der Waals surface area (Å²) in [6.07, 6.45) is 9.07. The molecule has 0 saturated heterocycles. The zero-order valence-corrected chi connectivity index (χ0v) is 15.3. The molecule has 4 aliphatic rings. The lowest BCUT2D eigenvalue weighted by molar-refractivity contribution is -0.171. The van der Waals surface area contributed by atoms with Crippen molar-refractivity contribution in [3.63, 3.8) is 0 Å². The van der Waals surface area contributed by atoms with E-state index in [0.29, 0.717) is 30.0 Å². The Morgan fingerprint density at radius 3 is 2.50 bits per heavy atom. The third kappa shape index (κ3) is 1.94. The topological polar surface area (TPSA) is 57.5 Å². The number of fused-ring (bicyclic) bond motifs is 5. The normalized spacial score (nSPS) is 52.1. The van der Waals surface area contributed by atoms with Crippen molar-refractivity contribution in [2.24, 2.45) is 28.6 Å². The van der Waals surface area contributed by atoms with E-state index in [-0.39, 0.29) is 10.8 Å². The number of rotatable bonds is 1. The van der Waals surface area contributed by atoms with Crippen LogP contribution >= 0.6 is 0 Å². The molecule has 3 saturated carbocycles. The highest BCUT2D eigenvalue weighted by Crippen LogP contribution is 2.67. The van der Waals surface area contributed by atoms with Crippen molar-refractivity contribution in [1.82, 2.24) is 0 Å². The van der Waals surface area contributed by atoms with Crippen molar-refractivity contribution in [1.29, 1.82) is 0 Å². The molecule has 4 aliphatic carbocycles. The van der Waals surface area contributed by atoms with Gasteiger partial charge in [-0.25, -0.2) is 0 Å². The molecule has 0 bridgehead atoms. The van der Waals surface area contributed by atoms with Crippen molar-refractivity contribution in [2.75, 3.05) is 0 Å². The molecule has 3 heteroatoms. The first kappa shape index (κ1) is 16.8. The smallest absolute Gasteiger partial charge is 0.155 e. The van der Waals surface area contributed by atoms with Gasteiger partial charge in [0.15, 0.2) is 5.78 Å². The molecule has 0 aliphatic heterocycles. The molecule has 24 heavy (non-hydrogen) atoms. The minimum absolute atomic E-state index is 0.162. The Morgan fingerprint density at radius 1 is 1.08 bits per heavy atom. The summed E-state index contributed by atoms with van der Waals surface area (Å²) in [5.74, 6) is 2.09. The molecule has 134 valence electrons. The van der Waals surface area contributed by atoms with Gasteiger partial charge in [0.2, 0.25) is 0 Å². The molecule has 2 N–H and O–H groups in total. The minimum Gasteiger partial charge on any atom is -0.390 e. The average Bonchev–Trinajstić information content (AvgIpc) is 2.81. The molecule has 0 amide bonds. The monoisotopic (exact) mass is 332 g/mol. The highest BCUT2D eigenvalue weighted by atomic mass is 16.3. The molecule has 0 aromatic heterocycles. The van der Waals surface area contributed by atoms with E-state index in [0.717, 1.165) is 44.9 Å². The summed E-state index contributed by atoms with van der Waals surface area (Å²) < 4.78 is 0. The van der Waals surface area contributed by atoms with Gasteiger partial charge in [-0.3, -0.25) is 4.79 Å². The van der Waals surface area contributed by atoms with Crippen LogP contribution in [0.2, 0.25) is 0 Å². The molecule has 4 rings (SSSR count). The van der Waals surface area contributed by atoms with Crippen molar-refractivity contribution in [3.8, 4) is 0 Å². The van der Waals surface area contributed by atoms with Crippen LogP contribution in [0.4, 0.5) is 0 Å². The number of hydrogen-bond donors (Lipinski definition) is 2. The van der Waals surface area contributed by atoms with Gasteiger partial charge in [0.1, 0.15) is 0 Å². The molecule has 0 aromatic carbocycles. The minimum atomic E-state index is -0.928. The third-order valence-corrected chi connectivity index (χ3v) is 8.87. The molecule has 3 fully saturated rings. The standard InChI is InChI=1S/C21H32O3/c1-13(22)21(24)11-8-18-16-5-4-14-12-15(23)6-9-19(14,2)17(16)7-10-20(18,21)3/h12-13,16-18,22,24H,4-11H2,1-3H3/t13-,16+,17-,18-,19-,20-,21-/m0/s1. The average molecular weight is 332 g/mol. The Bertz CT molecular complexity index is 594. The van der Waals surface area contributed by atoms with E-state index >= 15 is 0 Å². The van der Waals surface area contributed by atoms with Crippen LogP contribution in [0.1, 0.15) is 72.1 Å². The van der Waals surface area contributed by atoms with Crippen LogP contribution in [0.3, 0.4) is 0 Å². The van der Waals surface area contributed by atoms with Crippen LogP contribution in [0.25, 0.3) is 0 Å². The molecule has 0 unspecified atom stereocenters. The van der Waals surface area contributed by atoms with Crippen LogP contribution < -0.4 is 0 Å². The lowest BCUT2D eigenvalue weighted by Gasteiger charge is -2.59. The Kier molecular flexibility index (Phi) is 3.61. The predicted molar refractivity (Wildman–Crippen MR) is 93.3 cm³/mol. The lowest BCUT2D eigenvalue weighted by atomic mass is 9.46. The molecule has 0 aromatic rings. The van der Waals surface area contributed by atoms with Gasteiger partial charge in [0, 0.05) is 11.8 Å².